The summed E-state index contributed by atoms with van der Waals surface area (Å²) in [6, 6.07) is 4.27. The van der Waals surface area contributed by atoms with Crippen LogP contribution in [0.5, 0.6) is 0 Å². The van der Waals surface area contributed by atoms with Crippen LogP contribution >= 0.6 is 0 Å². The Bertz CT molecular complexity index is 813. The van der Waals surface area contributed by atoms with E-state index in [2.05, 4.69) is 5.10 Å². The number of sulfone groups is 1. The highest BCUT2D eigenvalue weighted by molar-refractivity contribution is 7.90. The molecule has 1 aromatic heterocycles. The molecular weight excluding hydrogens is 308 g/mol. The van der Waals surface area contributed by atoms with E-state index in [4.69, 9.17) is 0 Å². The van der Waals surface area contributed by atoms with E-state index < -0.39 is 20.4 Å². The normalized spacial score (nSPS) is 11.4. The summed E-state index contributed by atoms with van der Waals surface area (Å²) in [5.74, 6) is 0. The van der Waals surface area contributed by atoms with Gasteiger partial charge in [-0.05, 0) is 12.1 Å². The Labute approximate surface area is 128 Å². The van der Waals surface area contributed by atoms with Gasteiger partial charge in [-0.2, -0.15) is 5.10 Å². The van der Waals surface area contributed by atoms with Crippen LogP contribution < -0.4 is 4.90 Å². The maximum absolute atomic E-state index is 11.8. The van der Waals surface area contributed by atoms with Crippen molar-refractivity contribution in [2.75, 3.05) is 18.2 Å². The van der Waals surface area contributed by atoms with E-state index in [0.29, 0.717) is 6.54 Å². The molecule has 0 aliphatic heterocycles. The molecule has 0 saturated carbocycles. The van der Waals surface area contributed by atoms with Gasteiger partial charge in [-0.3, -0.25) is 14.8 Å². The predicted octanol–water partition coefficient (Wildman–Crippen LogP) is 1.37. The molecule has 0 aliphatic rings. The molecule has 0 atom stereocenters. The smallest absolute Gasteiger partial charge is 0.311 e. The molecule has 0 aliphatic carbocycles. The molecule has 0 amide bonds. The molecule has 0 fully saturated rings. The third-order valence-electron chi connectivity index (χ3n) is 3.15. The van der Waals surface area contributed by atoms with Gasteiger partial charge in [0, 0.05) is 38.7 Å². The number of nitrogens with zero attached hydrogens (tertiary/aromatic N) is 4. The zero-order valence-corrected chi connectivity index (χ0v) is 13.2. The highest BCUT2D eigenvalue weighted by Crippen LogP contribution is 2.34. The zero-order chi connectivity index (χ0) is 16.5. The largest absolute Gasteiger partial charge is 0.365 e. The van der Waals surface area contributed by atoms with Crippen LogP contribution in [-0.2, 0) is 23.4 Å². The van der Waals surface area contributed by atoms with Crippen LogP contribution in [0.15, 0.2) is 35.5 Å². The number of anilines is 1. The maximum Gasteiger partial charge on any atom is 0.311 e. The minimum atomic E-state index is -3.69. The number of nitro groups is 1. The number of aromatic nitrogens is 2. The minimum Gasteiger partial charge on any atom is -0.365 e. The lowest BCUT2D eigenvalue weighted by molar-refractivity contribution is -0.387. The van der Waals surface area contributed by atoms with E-state index >= 15 is 0 Å². The lowest BCUT2D eigenvalue weighted by Gasteiger charge is -2.19. The molecule has 0 saturated heterocycles. The van der Waals surface area contributed by atoms with E-state index in [1.165, 1.54) is 18.2 Å². The zero-order valence-electron chi connectivity index (χ0n) is 12.4. The monoisotopic (exact) mass is 324 g/mol. The van der Waals surface area contributed by atoms with Gasteiger partial charge in [0.1, 0.15) is 10.6 Å². The maximum atomic E-state index is 11.8. The van der Waals surface area contributed by atoms with Crippen LogP contribution in [0.2, 0.25) is 0 Å². The van der Waals surface area contributed by atoms with Crippen molar-refractivity contribution in [1.29, 1.82) is 0 Å². The van der Waals surface area contributed by atoms with Gasteiger partial charge in [-0.1, -0.05) is 6.07 Å². The average molecular weight is 324 g/mol. The SMILES string of the molecule is CN(Cc1cnn(C)c1)c1cccc(S(C)(=O)=O)c1[N+](=O)[O-]. The first-order valence-electron chi connectivity index (χ1n) is 6.36. The molecule has 0 N–H and O–H groups in total. The second-order valence-electron chi connectivity index (χ2n) is 5.03. The van der Waals surface area contributed by atoms with Crippen molar-refractivity contribution in [2.24, 2.45) is 7.05 Å². The number of aryl methyl sites for hydroxylation is 1. The molecule has 1 heterocycles. The first-order chi connectivity index (χ1) is 10.2. The molecule has 0 radical (unpaired) electrons. The van der Waals surface area contributed by atoms with Crippen LogP contribution in [0, 0.1) is 10.1 Å². The molecule has 2 aromatic rings. The molecule has 0 bridgehead atoms. The standard InChI is InChI=1S/C13H16N4O4S/c1-15(8-10-7-14-16(2)9-10)11-5-4-6-12(22(3,20)21)13(11)17(18)19/h4-7,9H,8H2,1-3H3. The average Bonchev–Trinajstić information content (AvgIpc) is 2.82. The van der Waals surface area contributed by atoms with Crippen LogP contribution in [-0.4, -0.2) is 36.4 Å². The molecule has 2 rings (SSSR count). The van der Waals surface area contributed by atoms with Crippen LogP contribution in [0.25, 0.3) is 0 Å². The topological polar surface area (TPSA) is 98.3 Å². The summed E-state index contributed by atoms with van der Waals surface area (Å²) in [6.45, 7) is 0.377. The fraction of sp³-hybridized carbons (Fsp3) is 0.308. The van der Waals surface area contributed by atoms with Gasteiger partial charge < -0.3 is 4.90 Å². The Morgan fingerprint density at radius 3 is 2.59 bits per heavy atom. The fourth-order valence-corrected chi connectivity index (χ4v) is 3.07. The summed E-state index contributed by atoms with van der Waals surface area (Å²) < 4.78 is 25.1. The molecule has 0 spiro atoms. The first-order valence-corrected chi connectivity index (χ1v) is 8.25. The van der Waals surface area contributed by atoms with Crippen molar-refractivity contribution in [3.8, 4) is 0 Å². The number of rotatable bonds is 5. The third kappa shape index (κ3) is 3.25. The van der Waals surface area contributed by atoms with Gasteiger partial charge in [0.25, 0.3) is 0 Å². The predicted molar refractivity (Wildman–Crippen MR) is 81.5 cm³/mol. The number of hydrogen-bond acceptors (Lipinski definition) is 6. The Morgan fingerprint density at radius 2 is 2.09 bits per heavy atom. The molecule has 22 heavy (non-hydrogen) atoms. The fourth-order valence-electron chi connectivity index (χ4n) is 2.21. The van der Waals surface area contributed by atoms with Crippen LogP contribution in [0.3, 0.4) is 0 Å². The van der Waals surface area contributed by atoms with Crippen LogP contribution in [0.4, 0.5) is 11.4 Å². The Morgan fingerprint density at radius 1 is 1.41 bits per heavy atom. The Hall–Kier alpha value is -2.42. The van der Waals surface area contributed by atoms with E-state index in [-0.39, 0.29) is 10.6 Å². The summed E-state index contributed by atoms with van der Waals surface area (Å²) in [5.41, 5.74) is 0.706. The minimum absolute atomic E-state index is 0.247. The molecule has 118 valence electrons. The summed E-state index contributed by atoms with van der Waals surface area (Å²) >= 11 is 0. The van der Waals surface area contributed by atoms with Crippen molar-refractivity contribution in [1.82, 2.24) is 9.78 Å². The first kappa shape index (κ1) is 16.0. The summed E-state index contributed by atoms with van der Waals surface area (Å²) in [6.07, 6.45) is 4.41. The van der Waals surface area contributed by atoms with Crippen LogP contribution in [0.1, 0.15) is 5.56 Å². The highest BCUT2D eigenvalue weighted by Gasteiger charge is 2.27. The lowest BCUT2D eigenvalue weighted by atomic mass is 10.2. The van der Waals surface area contributed by atoms with Gasteiger partial charge >= 0.3 is 5.69 Å². The Kier molecular flexibility index (Phi) is 4.18. The molecular formula is C13H16N4O4S. The van der Waals surface area contributed by atoms with Gasteiger partial charge in [-0.25, -0.2) is 8.42 Å². The van der Waals surface area contributed by atoms with Gasteiger partial charge in [0.05, 0.1) is 11.1 Å². The van der Waals surface area contributed by atoms with E-state index in [9.17, 15) is 18.5 Å². The summed E-state index contributed by atoms with van der Waals surface area (Å²) in [7, 11) is -0.246. The molecule has 1 aromatic carbocycles. The number of hydrogen-bond donors (Lipinski definition) is 0. The van der Waals surface area contributed by atoms with E-state index in [1.54, 1.807) is 36.1 Å². The molecule has 0 unspecified atom stereocenters. The quantitative estimate of drug-likeness (QED) is 0.608. The number of nitro benzene ring substituents is 1. The highest BCUT2D eigenvalue weighted by atomic mass is 32.2. The van der Waals surface area contributed by atoms with Gasteiger partial charge in [-0.15, -0.1) is 0 Å². The number of benzene rings is 1. The van der Waals surface area contributed by atoms with Crippen molar-refractivity contribution >= 4 is 21.2 Å². The van der Waals surface area contributed by atoms with E-state index in [0.717, 1.165) is 11.8 Å². The van der Waals surface area contributed by atoms with Crippen molar-refractivity contribution < 1.29 is 13.3 Å². The van der Waals surface area contributed by atoms with Gasteiger partial charge in [0.2, 0.25) is 0 Å². The second kappa shape index (κ2) is 5.76. The molecule has 9 heteroatoms. The van der Waals surface area contributed by atoms with Gasteiger partial charge in [0.15, 0.2) is 9.84 Å². The Balaban J connectivity index is 2.48. The number of para-hydroxylation sites is 1. The molecule has 8 nitrogen and oxygen atoms in total. The van der Waals surface area contributed by atoms with E-state index in [1.807, 2.05) is 0 Å². The summed E-state index contributed by atoms with van der Waals surface area (Å²) in [4.78, 5) is 12.0. The van der Waals surface area contributed by atoms with Crippen molar-refractivity contribution in [3.05, 3.63) is 46.3 Å². The summed E-state index contributed by atoms with van der Waals surface area (Å²) in [5, 5.41) is 15.4. The lowest BCUT2D eigenvalue weighted by Crippen LogP contribution is -2.18. The van der Waals surface area contributed by atoms with Crippen molar-refractivity contribution in [2.45, 2.75) is 11.4 Å². The third-order valence-corrected chi connectivity index (χ3v) is 4.28. The second-order valence-corrected chi connectivity index (χ2v) is 7.02. The van der Waals surface area contributed by atoms with Crippen molar-refractivity contribution in [3.63, 3.8) is 0 Å².